The molecule has 2 heterocycles. The Morgan fingerprint density at radius 1 is 1.18 bits per heavy atom. The number of carbonyl (C=O) groups excluding carboxylic acids is 1. The van der Waals surface area contributed by atoms with Crippen LogP contribution in [0.15, 0.2) is 12.1 Å². The number of hydrogen-bond donors (Lipinski definition) is 1. The Morgan fingerprint density at radius 3 is 2.45 bits per heavy atom. The van der Waals surface area contributed by atoms with Gasteiger partial charge in [-0.05, 0) is 25.0 Å². The number of nitrogens with zero attached hydrogens (tertiary/aromatic N) is 3. The van der Waals surface area contributed by atoms with Crippen molar-refractivity contribution in [3.8, 4) is 0 Å². The predicted molar refractivity (Wildman–Crippen MR) is 90.5 cm³/mol. The van der Waals surface area contributed by atoms with Gasteiger partial charge >= 0.3 is 0 Å². The Kier molecular flexibility index (Phi) is 4.86. The number of thioether (sulfide) groups is 1. The molecule has 120 valence electrons. The van der Waals surface area contributed by atoms with Crippen LogP contribution in [0.2, 0.25) is 0 Å². The molecular formula is C16H24N4OS. The lowest BCUT2D eigenvalue weighted by Gasteiger charge is -2.35. The molecule has 0 bridgehead atoms. The Labute approximate surface area is 136 Å². The van der Waals surface area contributed by atoms with E-state index in [2.05, 4.69) is 34.3 Å². The highest BCUT2D eigenvalue weighted by molar-refractivity contribution is 8.00. The molecule has 1 saturated heterocycles. The van der Waals surface area contributed by atoms with E-state index < -0.39 is 0 Å². The molecule has 22 heavy (non-hydrogen) atoms. The fourth-order valence-electron chi connectivity index (χ4n) is 3.31. The quantitative estimate of drug-likeness (QED) is 0.927. The van der Waals surface area contributed by atoms with Crippen molar-refractivity contribution in [2.45, 2.75) is 56.1 Å². The zero-order chi connectivity index (χ0) is 15.5. The van der Waals surface area contributed by atoms with Crippen molar-refractivity contribution in [1.82, 2.24) is 15.5 Å². The van der Waals surface area contributed by atoms with E-state index in [9.17, 15) is 4.79 Å². The molecule has 1 aromatic rings. The normalized spacial score (nSPS) is 26.2. The SMILES string of the molecule is C[C@@H]1CN(c2ccc(C(=O)NC3CCCC3)nn2)C[C@H](C)S1. The average molecular weight is 320 g/mol. The van der Waals surface area contributed by atoms with Crippen LogP contribution < -0.4 is 10.2 Å². The van der Waals surface area contributed by atoms with Crippen LogP contribution in [0.25, 0.3) is 0 Å². The van der Waals surface area contributed by atoms with Crippen molar-refractivity contribution in [1.29, 1.82) is 0 Å². The molecule has 2 atom stereocenters. The van der Waals surface area contributed by atoms with Crippen molar-refractivity contribution >= 4 is 23.5 Å². The van der Waals surface area contributed by atoms with Crippen LogP contribution in [0.1, 0.15) is 50.0 Å². The van der Waals surface area contributed by atoms with Crippen molar-refractivity contribution in [3.05, 3.63) is 17.8 Å². The van der Waals surface area contributed by atoms with E-state index in [-0.39, 0.29) is 5.91 Å². The highest BCUT2D eigenvalue weighted by Gasteiger charge is 2.24. The summed E-state index contributed by atoms with van der Waals surface area (Å²) >= 11 is 2.01. The highest BCUT2D eigenvalue weighted by Crippen LogP contribution is 2.27. The summed E-state index contributed by atoms with van der Waals surface area (Å²) in [4.78, 5) is 14.4. The van der Waals surface area contributed by atoms with Crippen molar-refractivity contribution in [3.63, 3.8) is 0 Å². The Balaban J connectivity index is 1.63. The molecule has 3 rings (SSSR count). The zero-order valence-corrected chi connectivity index (χ0v) is 14.1. The second-order valence-electron chi connectivity index (χ2n) is 6.39. The number of hydrogen-bond acceptors (Lipinski definition) is 5. The van der Waals surface area contributed by atoms with Gasteiger partial charge in [-0.1, -0.05) is 26.7 Å². The Hall–Kier alpha value is -1.30. The number of rotatable bonds is 3. The molecule has 1 aromatic heterocycles. The first-order valence-electron chi connectivity index (χ1n) is 8.17. The van der Waals surface area contributed by atoms with Gasteiger partial charge in [-0.15, -0.1) is 10.2 Å². The summed E-state index contributed by atoms with van der Waals surface area (Å²) in [6, 6.07) is 4.03. The lowest BCUT2D eigenvalue weighted by atomic mass is 10.2. The molecule has 6 heteroatoms. The predicted octanol–water partition coefficient (Wildman–Crippen LogP) is 2.48. The number of aromatic nitrogens is 2. The lowest BCUT2D eigenvalue weighted by molar-refractivity contribution is 0.0932. The molecule has 1 amide bonds. The average Bonchev–Trinajstić information content (AvgIpc) is 2.99. The molecule has 1 aliphatic carbocycles. The van der Waals surface area contributed by atoms with Gasteiger partial charge in [-0.2, -0.15) is 11.8 Å². The van der Waals surface area contributed by atoms with Gasteiger partial charge < -0.3 is 10.2 Å². The second-order valence-corrected chi connectivity index (χ2v) is 8.28. The minimum absolute atomic E-state index is 0.0955. The number of nitrogens with one attached hydrogen (secondary N) is 1. The maximum Gasteiger partial charge on any atom is 0.272 e. The third kappa shape index (κ3) is 3.72. The van der Waals surface area contributed by atoms with Crippen molar-refractivity contribution < 1.29 is 4.79 Å². The molecular weight excluding hydrogens is 296 g/mol. The van der Waals surface area contributed by atoms with Gasteiger partial charge in [-0.3, -0.25) is 4.79 Å². The van der Waals surface area contributed by atoms with Gasteiger partial charge in [0, 0.05) is 29.6 Å². The molecule has 2 aliphatic rings. The van der Waals surface area contributed by atoms with Crippen molar-refractivity contribution in [2.75, 3.05) is 18.0 Å². The number of carbonyl (C=O) groups is 1. The van der Waals surface area contributed by atoms with E-state index in [0.717, 1.165) is 31.7 Å². The summed E-state index contributed by atoms with van der Waals surface area (Å²) in [5.74, 6) is 0.776. The van der Waals surface area contributed by atoms with E-state index in [1.165, 1.54) is 12.8 Å². The third-order valence-corrected chi connectivity index (χ3v) is 5.54. The summed E-state index contributed by atoms with van der Waals surface area (Å²) in [5.41, 5.74) is 0.420. The van der Waals surface area contributed by atoms with Gasteiger partial charge in [0.2, 0.25) is 0 Å². The highest BCUT2D eigenvalue weighted by atomic mass is 32.2. The molecule has 1 aliphatic heterocycles. The fraction of sp³-hybridized carbons (Fsp3) is 0.688. The minimum Gasteiger partial charge on any atom is -0.353 e. The van der Waals surface area contributed by atoms with E-state index >= 15 is 0 Å². The third-order valence-electron chi connectivity index (χ3n) is 4.32. The molecule has 2 fully saturated rings. The topological polar surface area (TPSA) is 58.1 Å². The second kappa shape index (κ2) is 6.86. The molecule has 0 radical (unpaired) electrons. The van der Waals surface area contributed by atoms with E-state index in [0.29, 0.717) is 22.2 Å². The standard InChI is InChI=1S/C16H24N4OS/c1-11-9-20(10-12(2)22-11)15-8-7-14(18-19-15)16(21)17-13-5-3-4-6-13/h7-8,11-13H,3-6,9-10H2,1-2H3,(H,17,21)/t11-,12+. The van der Waals surface area contributed by atoms with Gasteiger partial charge in [0.05, 0.1) is 0 Å². The lowest BCUT2D eigenvalue weighted by Crippen LogP contribution is -2.41. The molecule has 1 N–H and O–H groups in total. The smallest absolute Gasteiger partial charge is 0.272 e. The van der Waals surface area contributed by atoms with E-state index in [4.69, 9.17) is 0 Å². The molecule has 0 spiro atoms. The Bertz CT molecular complexity index is 505. The molecule has 1 saturated carbocycles. The van der Waals surface area contributed by atoms with Crippen LogP contribution in [0.5, 0.6) is 0 Å². The summed E-state index contributed by atoms with van der Waals surface area (Å²) < 4.78 is 0. The summed E-state index contributed by atoms with van der Waals surface area (Å²) in [5, 5.41) is 12.6. The van der Waals surface area contributed by atoms with Gasteiger partial charge in [0.1, 0.15) is 0 Å². The van der Waals surface area contributed by atoms with Gasteiger partial charge in [0.15, 0.2) is 11.5 Å². The van der Waals surface area contributed by atoms with Gasteiger partial charge in [0.25, 0.3) is 5.91 Å². The van der Waals surface area contributed by atoms with Crippen LogP contribution in [0, 0.1) is 0 Å². The van der Waals surface area contributed by atoms with E-state index in [1.807, 2.05) is 17.8 Å². The van der Waals surface area contributed by atoms with Gasteiger partial charge in [-0.25, -0.2) is 0 Å². The zero-order valence-electron chi connectivity index (χ0n) is 13.3. The van der Waals surface area contributed by atoms with Crippen LogP contribution in [0.4, 0.5) is 5.82 Å². The molecule has 0 unspecified atom stereocenters. The van der Waals surface area contributed by atoms with Crippen LogP contribution in [0.3, 0.4) is 0 Å². The number of amides is 1. The molecule has 5 nitrogen and oxygen atoms in total. The monoisotopic (exact) mass is 320 g/mol. The number of anilines is 1. The maximum absolute atomic E-state index is 12.2. The first-order chi connectivity index (χ1) is 10.6. The Morgan fingerprint density at radius 2 is 1.86 bits per heavy atom. The van der Waals surface area contributed by atoms with E-state index in [1.54, 1.807) is 6.07 Å². The summed E-state index contributed by atoms with van der Waals surface area (Å²) in [7, 11) is 0. The van der Waals surface area contributed by atoms with Crippen molar-refractivity contribution in [2.24, 2.45) is 0 Å². The summed E-state index contributed by atoms with van der Waals surface area (Å²) in [6.07, 6.45) is 4.58. The van der Waals surface area contributed by atoms with Crippen LogP contribution in [-0.4, -0.2) is 45.7 Å². The summed E-state index contributed by atoms with van der Waals surface area (Å²) in [6.45, 7) is 6.45. The first-order valence-corrected chi connectivity index (χ1v) is 9.11. The molecule has 0 aromatic carbocycles. The largest absolute Gasteiger partial charge is 0.353 e. The fourth-order valence-corrected chi connectivity index (χ4v) is 4.63. The van der Waals surface area contributed by atoms with Crippen LogP contribution in [-0.2, 0) is 0 Å². The van der Waals surface area contributed by atoms with Crippen LogP contribution >= 0.6 is 11.8 Å². The first kappa shape index (κ1) is 15.6. The minimum atomic E-state index is -0.0955. The maximum atomic E-state index is 12.2.